The predicted molar refractivity (Wildman–Crippen MR) is 99.1 cm³/mol. The Balaban J connectivity index is 1.81. The number of hydrogen-bond acceptors (Lipinski definition) is 4. The summed E-state index contributed by atoms with van der Waals surface area (Å²) < 4.78 is 10.4. The van der Waals surface area contributed by atoms with Gasteiger partial charge in [0.15, 0.2) is 5.78 Å². The van der Waals surface area contributed by atoms with E-state index in [1.54, 1.807) is 6.92 Å². The number of rotatable bonds is 6. The van der Waals surface area contributed by atoms with Crippen LogP contribution in [0.15, 0.2) is 24.3 Å². The minimum absolute atomic E-state index is 0.00331. The Labute approximate surface area is 157 Å². The molecule has 1 aromatic carbocycles. The third-order valence-electron chi connectivity index (χ3n) is 4.70. The number of Topliss-reactive ketones (excluding diaryl/α,β-unsaturated/α-hetero) is 1. The maximum absolute atomic E-state index is 12.7. The van der Waals surface area contributed by atoms with Gasteiger partial charge in [-0.05, 0) is 43.4 Å². The fraction of sp³-hybridized carbons (Fsp3) is 0.400. The number of hydrogen-bond donors (Lipinski definition) is 1. The molecule has 138 valence electrons. The molecule has 1 N–H and O–H groups in total. The highest BCUT2D eigenvalue weighted by Crippen LogP contribution is 2.37. The fourth-order valence-corrected chi connectivity index (χ4v) is 3.76. The van der Waals surface area contributed by atoms with Gasteiger partial charge in [-0.3, -0.25) is 4.79 Å². The second-order valence-corrected chi connectivity index (χ2v) is 6.77. The number of aromatic amines is 1. The largest absolute Gasteiger partial charge is 0.459 e. The van der Waals surface area contributed by atoms with Gasteiger partial charge >= 0.3 is 5.97 Å². The van der Waals surface area contributed by atoms with Crippen LogP contribution in [0.5, 0.6) is 0 Å². The number of benzene rings is 1. The van der Waals surface area contributed by atoms with Gasteiger partial charge in [-0.2, -0.15) is 0 Å². The van der Waals surface area contributed by atoms with E-state index in [1.807, 2.05) is 31.2 Å². The summed E-state index contributed by atoms with van der Waals surface area (Å²) in [6.45, 7) is 4.78. The Bertz CT molecular complexity index is 827. The van der Waals surface area contributed by atoms with Crippen LogP contribution in [0.4, 0.5) is 0 Å². The maximum Gasteiger partial charge on any atom is 0.355 e. The van der Waals surface area contributed by atoms with Crippen molar-refractivity contribution < 1.29 is 19.1 Å². The number of halogens is 1. The van der Waals surface area contributed by atoms with Crippen LogP contribution in [0, 0.1) is 6.92 Å². The van der Waals surface area contributed by atoms with Gasteiger partial charge in [-0.15, -0.1) is 0 Å². The summed E-state index contributed by atoms with van der Waals surface area (Å²) in [4.78, 5) is 28.1. The van der Waals surface area contributed by atoms with E-state index in [-0.39, 0.29) is 18.3 Å². The Morgan fingerprint density at radius 3 is 2.77 bits per heavy atom. The standard InChI is InChI=1S/C20H22ClNO4/c1-3-25-8-9-26-20(24)19-12(2)18-16(22-19)10-13(11-17(18)23)14-6-4-5-7-15(14)21/h4-7,13,22H,3,8-11H2,1-2H3. The summed E-state index contributed by atoms with van der Waals surface area (Å²) in [5.74, 6) is -0.430. The molecular formula is C20H22ClNO4. The molecule has 1 unspecified atom stereocenters. The summed E-state index contributed by atoms with van der Waals surface area (Å²) in [5.41, 5.74) is 3.36. The highest BCUT2D eigenvalue weighted by atomic mass is 35.5. The molecule has 0 aliphatic heterocycles. The van der Waals surface area contributed by atoms with Gasteiger partial charge in [-0.1, -0.05) is 29.8 Å². The van der Waals surface area contributed by atoms with E-state index >= 15 is 0 Å². The molecule has 0 spiro atoms. The summed E-state index contributed by atoms with van der Waals surface area (Å²) in [5, 5.41) is 0.660. The SMILES string of the molecule is CCOCCOC(=O)c1[nH]c2c(c1C)C(=O)CC(c1ccccc1Cl)C2. The van der Waals surface area contributed by atoms with Gasteiger partial charge in [0.1, 0.15) is 12.3 Å². The number of carbonyl (C=O) groups is 2. The number of fused-ring (bicyclic) bond motifs is 1. The zero-order valence-electron chi connectivity index (χ0n) is 14.9. The lowest BCUT2D eigenvalue weighted by molar-refractivity contribution is 0.0329. The lowest BCUT2D eigenvalue weighted by Crippen LogP contribution is -2.18. The molecule has 1 aliphatic rings. The van der Waals surface area contributed by atoms with E-state index in [4.69, 9.17) is 21.1 Å². The number of aromatic nitrogens is 1. The van der Waals surface area contributed by atoms with Gasteiger partial charge in [-0.25, -0.2) is 4.79 Å². The molecule has 2 aromatic rings. The highest BCUT2D eigenvalue weighted by Gasteiger charge is 2.32. The molecule has 3 rings (SSSR count). The summed E-state index contributed by atoms with van der Waals surface area (Å²) in [7, 11) is 0. The third kappa shape index (κ3) is 3.69. The number of ether oxygens (including phenoxy) is 2. The molecule has 1 aliphatic carbocycles. The van der Waals surface area contributed by atoms with Crippen molar-refractivity contribution in [2.24, 2.45) is 0 Å². The van der Waals surface area contributed by atoms with Gasteiger partial charge < -0.3 is 14.5 Å². The lowest BCUT2D eigenvalue weighted by Gasteiger charge is -2.22. The van der Waals surface area contributed by atoms with Crippen molar-refractivity contribution in [2.45, 2.75) is 32.6 Å². The maximum atomic E-state index is 12.7. The number of ketones is 1. The van der Waals surface area contributed by atoms with Crippen LogP contribution in [-0.4, -0.2) is 36.6 Å². The average Bonchev–Trinajstić information content (AvgIpc) is 2.96. The monoisotopic (exact) mass is 375 g/mol. The van der Waals surface area contributed by atoms with Gasteiger partial charge in [0, 0.05) is 29.3 Å². The zero-order chi connectivity index (χ0) is 18.7. The second-order valence-electron chi connectivity index (χ2n) is 6.36. The van der Waals surface area contributed by atoms with Crippen LogP contribution < -0.4 is 0 Å². The van der Waals surface area contributed by atoms with Gasteiger partial charge in [0.05, 0.1) is 6.61 Å². The van der Waals surface area contributed by atoms with Crippen molar-refractivity contribution in [3.05, 3.63) is 57.4 Å². The first-order valence-corrected chi connectivity index (χ1v) is 9.14. The van der Waals surface area contributed by atoms with E-state index in [0.717, 1.165) is 11.3 Å². The Kier molecular flexibility index (Phi) is 5.79. The average molecular weight is 376 g/mol. The molecule has 0 saturated heterocycles. The Morgan fingerprint density at radius 2 is 2.04 bits per heavy atom. The van der Waals surface area contributed by atoms with E-state index < -0.39 is 5.97 Å². The molecule has 6 heteroatoms. The molecule has 0 saturated carbocycles. The third-order valence-corrected chi connectivity index (χ3v) is 5.05. The first-order valence-electron chi connectivity index (χ1n) is 8.76. The van der Waals surface area contributed by atoms with E-state index in [2.05, 4.69) is 4.98 Å². The van der Waals surface area contributed by atoms with E-state index in [9.17, 15) is 9.59 Å². The summed E-state index contributed by atoms with van der Waals surface area (Å²) in [6, 6.07) is 7.57. The normalized spacial score (nSPS) is 16.4. The minimum Gasteiger partial charge on any atom is -0.459 e. The molecule has 5 nitrogen and oxygen atoms in total. The quantitative estimate of drug-likeness (QED) is 0.610. The molecule has 26 heavy (non-hydrogen) atoms. The molecule has 0 fully saturated rings. The van der Waals surface area contributed by atoms with Crippen molar-refractivity contribution in [3.8, 4) is 0 Å². The Morgan fingerprint density at radius 1 is 1.27 bits per heavy atom. The minimum atomic E-state index is -0.460. The van der Waals surface area contributed by atoms with Crippen LogP contribution in [0.2, 0.25) is 5.02 Å². The topological polar surface area (TPSA) is 68.4 Å². The fourth-order valence-electron chi connectivity index (χ4n) is 3.47. The van der Waals surface area contributed by atoms with Crippen LogP contribution in [-0.2, 0) is 15.9 Å². The van der Waals surface area contributed by atoms with Gasteiger partial charge in [0.2, 0.25) is 0 Å². The number of H-pyrrole nitrogens is 1. The lowest BCUT2D eigenvalue weighted by atomic mass is 9.81. The van der Waals surface area contributed by atoms with Crippen LogP contribution in [0.1, 0.15) is 56.9 Å². The summed E-state index contributed by atoms with van der Waals surface area (Å²) in [6.07, 6.45) is 1.02. The number of nitrogens with one attached hydrogen (secondary N) is 1. The molecule has 0 radical (unpaired) electrons. The summed E-state index contributed by atoms with van der Waals surface area (Å²) >= 11 is 6.29. The van der Waals surface area contributed by atoms with Crippen LogP contribution in [0.25, 0.3) is 0 Å². The van der Waals surface area contributed by atoms with Crippen molar-refractivity contribution in [2.75, 3.05) is 19.8 Å². The van der Waals surface area contributed by atoms with Crippen LogP contribution in [0.3, 0.4) is 0 Å². The molecular weight excluding hydrogens is 354 g/mol. The van der Waals surface area contributed by atoms with Crippen molar-refractivity contribution in [3.63, 3.8) is 0 Å². The molecule has 1 aromatic heterocycles. The molecule has 1 heterocycles. The smallest absolute Gasteiger partial charge is 0.355 e. The second kappa shape index (κ2) is 8.06. The molecule has 0 bridgehead atoms. The molecule has 1 atom stereocenters. The first-order chi connectivity index (χ1) is 12.5. The Hall–Kier alpha value is -2.11. The van der Waals surface area contributed by atoms with Crippen molar-refractivity contribution >= 4 is 23.4 Å². The zero-order valence-corrected chi connectivity index (χ0v) is 15.7. The van der Waals surface area contributed by atoms with Crippen molar-refractivity contribution in [1.82, 2.24) is 4.98 Å². The number of carbonyl (C=O) groups excluding carboxylic acids is 2. The van der Waals surface area contributed by atoms with E-state index in [0.29, 0.717) is 47.9 Å². The molecule has 0 amide bonds. The van der Waals surface area contributed by atoms with E-state index in [1.165, 1.54) is 0 Å². The highest BCUT2D eigenvalue weighted by molar-refractivity contribution is 6.31. The van der Waals surface area contributed by atoms with Crippen molar-refractivity contribution in [1.29, 1.82) is 0 Å². The number of esters is 1. The van der Waals surface area contributed by atoms with Crippen LogP contribution >= 0.6 is 11.6 Å². The van der Waals surface area contributed by atoms with Gasteiger partial charge in [0.25, 0.3) is 0 Å². The predicted octanol–water partition coefficient (Wildman–Crippen LogP) is 4.08. The first kappa shape index (κ1) is 18.7.